The Labute approximate surface area is 142 Å². The van der Waals surface area contributed by atoms with Crippen molar-refractivity contribution < 1.29 is 22.8 Å². The molecule has 1 saturated heterocycles. The molecule has 1 aromatic heterocycles. The van der Waals surface area contributed by atoms with Crippen molar-refractivity contribution in [3.8, 4) is 0 Å². The van der Waals surface area contributed by atoms with Crippen molar-refractivity contribution in [1.82, 2.24) is 15.6 Å². The molecule has 0 radical (unpaired) electrons. The van der Waals surface area contributed by atoms with Crippen molar-refractivity contribution >= 4 is 44.0 Å². The number of oxime groups is 1. The fourth-order valence-electron chi connectivity index (χ4n) is 1.58. The van der Waals surface area contributed by atoms with Crippen LogP contribution in [-0.2, 0) is 24.4 Å². The largest absolute Gasteiger partial charge is 0.392 e. The highest BCUT2D eigenvalue weighted by Gasteiger charge is 2.31. The standard InChI is InChI=1S/C12H17N5O5S2/c1-6(2)22-16-9(11(19)14-7-4-13-10(7)18)8-5-23-12(15-8)17-24(3,20)21/h5-7H,4H2,1-3H3,(H,13,18)(H,14,19)(H,15,17). The van der Waals surface area contributed by atoms with Crippen LogP contribution in [-0.4, -0.2) is 55.9 Å². The quantitative estimate of drug-likeness (QED) is 0.326. The third-order valence-corrected chi connectivity index (χ3v) is 4.14. The van der Waals surface area contributed by atoms with Gasteiger partial charge >= 0.3 is 0 Å². The molecule has 0 bridgehead atoms. The van der Waals surface area contributed by atoms with Gasteiger partial charge in [0.05, 0.1) is 6.26 Å². The number of rotatable bonds is 7. The van der Waals surface area contributed by atoms with Gasteiger partial charge in [0.1, 0.15) is 17.8 Å². The van der Waals surface area contributed by atoms with Gasteiger partial charge in [0, 0.05) is 11.9 Å². The third kappa shape index (κ3) is 4.89. The van der Waals surface area contributed by atoms with E-state index in [0.717, 1.165) is 17.6 Å². The molecule has 132 valence electrons. The Morgan fingerprint density at radius 3 is 2.75 bits per heavy atom. The normalized spacial score (nSPS) is 17.9. The zero-order valence-corrected chi connectivity index (χ0v) is 14.8. The summed E-state index contributed by atoms with van der Waals surface area (Å²) in [5, 5.41) is 10.4. The maximum absolute atomic E-state index is 12.3. The molecule has 3 N–H and O–H groups in total. The molecule has 0 aromatic carbocycles. The molecule has 0 spiro atoms. The summed E-state index contributed by atoms with van der Waals surface area (Å²) in [6.07, 6.45) is 0.722. The molecule has 1 aliphatic rings. The van der Waals surface area contributed by atoms with Gasteiger partial charge in [-0.15, -0.1) is 11.3 Å². The highest BCUT2D eigenvalue weighted by molar-refractivity contribution is 7.92. The number of sulfonamides is 1. The fraction of sp³-hybridized carbons (Fsp3) is 0.500. The molecule has 1 atom stereocenters. The summed E-state index contributed by atoms with van der Waals surface area (Å²) in [4.78, 5) is 32.7. The van der Waals surface area contributed by atoms with E-state index in [4.69, 9.17) is 4.84 Å². The molecule has 2 rings (SSSR count). The molecule has 24 heavy (non-hydrogen) atoms. The van der Waals surface area contributed by atoms with Crippen LogP contribution in [0.2, 0.25) is 0 Å². The van der Waals surface area contributed by atoms with Gasteiger partial charge in [0.25, 0.3) is 5.91 Å². The number of thiazole rings is 1. The number of nitrogens with zero attached hydrogens (tertiary/aromatic N) is 2. The van der Waals surface area contributed by atoms with Crippen LogP contribution in [0.4, 0.5) is 5.13 Å². The first-order chi connectivity index (χ1) is 11.2. The number of anilines is 1. The van der Waals surface area contributed by atoms with E-state index in [2.05, 4.69) is 25.5 Å². The van der Waals surface area contributed by atoms with Crippen molar-refractivity contribution in [3.05, 3.63) is 11.1 Å². The van der Waals surface area contributed by atoms with Crippen LogP contribution in [0.5, 0.6) is 0 Å². The van der Waals surface area contributed by atoms with Crippen molar-refractivity contribution in [2.45, 2.75) is 26.0 Å². The Morgan fingerprint density at radius 2 is 2.25 bits per heavy atom. The number of carbonyl (C=O) groups is 2. The van der Waals surface area contributed by atoms with E-state index in [0.29, 0.717) is 6.54 Å². The van der Waals surface area contributed by atoms with Crippen molar-refractivity contribution in [1.29, 1.82) is 0 Å². The van der Waals surface area contributed by atoms with E-state index < -0.39 is 22.0 Å². The van der Waals surface area contributed by atoms with Crippen LogP contribution in [0, 0.1) is 0 Å². The lowest BCUT2D eigenvalue weighted by Crippen LogP contribution is -2.62. The highest BCUT2D eigenvalue weighted by Crippen LogP contribution is 2.17. The highest BCUT2D eigenvalue weighted by atomic mass is 32.2. The molecule has 2 heterocycles. The van der Waals surface area contributed by atoms with Crippen molar-refractivity contribution in [3.63, 3.8) is 0 Å². The monoisotopic (exact) mass is 375 g/mol. The number of hydrogen-bond acceptors (Lipinski definition) is 8. The second-order valence-corrected chi connectivity index (χ2v) is 7.88. The number of β-lactam (4-membered cyclic amide) rings is 1. The van der Waals surface area contributed by atoms with Crippen molar-refractivity contribution in [2.75, 3.05) is 17.5 Å². The van der Waals surface area contributed by atoms with E-state index in [1.54, 1.807) is 13.8 Å². The van der Waals surface area contributed by atoms with E-state index in [1.807, 2.05) is 0 Å². The Balaban J connectivity index is 2.20. The molecule has 1 aromatic rings. The molecule has 1 unspecified atom stereocenters. The van der Waals surface area contributed by atoms with Crippen LogP contribution in [0.3, 0.4) is 0 Å². The summed E-state index contributed by atoms with van der Waals surface area (Å²) in [5.74, 6) is -0.920. The molecule has 12 heteroatoms. The summed E-state index contributed by atoms with van der Waals surface area (Å²) < 4.78 is 24.7. The van der Waals surface area contributed by atoms with Gasteiger partial charge in [-0.05, 0) is 13.8 Å². The Kier molecular flexibility index (Phi) is 5.39. The Hall–Kier alpha value is -2.21. The summed E-state index contributed by atoms with van der Waals surface area (Å²) >= 11 is 0.999. The minimum atomic E-state index is -3.48. The van der Waals surface area contributed by atoms with E-state index >= 15 is 0 Å². The fourth-order valence-corrected chi connectivity index (χ4v) is 3.13. The van der Waals surface area contributed by atoms with Gasteiger partial charge in [0.2, 0.25) is 15.9 Å². The first-order valence-corrected chi connectivity index (χ1v) is 9.69. The zero-order chi connectivity index (χ0) is 17.9. The number of aromatic nitrogens is 1. The maximum Gasteiger partial charge on any atom is 0.276 e. The van der Waals surface area contributed by atoms with E-state index in [-0.39, 0.29) is 28.5 Å². The third-order valence-electron chi connectivity index (χ3n) is 2.69. The van der Waals surface area contributed by atoms with Crippen LogP contribution in [0.15, 0.2) is 10.5 Å². The van der Waals surface area contributed by atoms with Crippen LogP contribution in [0.1, 0.15) is 19.5 Å². The Bertz CT molecular complexity index is 771. The molecular formula is C12H17N5O5S2. The summed E-state index contributed by atoms with van der Waals surface area (Å²) in [6, 6.07) is -0.631. The lowest BCUT2D eigenvalue weighted by atomic mass is 10.1. The SMILES string of the molecule is CC(C)ON=C(C(=O)NC1CNC1=O)c1csc(NS(C)(=O)=O)n1. The number of amides is 2. The van der Waals surface area contributed by atoms with Gasteiger partial charge in [-0.25, -0.2) is 13.4 Å². The zero-order valence-electron chi connectivity index (χ0n) is 13.2. The Morgan fingerprint density at radius 1 is 1.54 bits per heavy atom. The minimum Gasteiger partial charge on any atom is -0.392 e. The number of carbonyl (C=O) groups excluding carboxylic acids is 2. The predicted molar refractivity (Wildman–Crippen MR) is 88.3 cm³/mol. The lowest BCUT2D eigenvalue weighted by Gasteiger charge is -2.26. The van der Waals surface area contributed by atoms with Crippen molar-refractivity contribution in [2.24, 2.45) is 5.16 Å². The molecule has 0 saturated carbocycles. The number of nitrogens with one attached hydrogen (secondary N) is 3. The molecule has 2 amide bonds. The molecule has 10 nitrogen and oxygen atoms in total. The van der Waals surface area contributed by atoms with Crippen LogP contribution in [0.25, 0.3) is 0 Å². The summed E-state index contributed by atoms with van der Waals surface area (Å²) in [6.45, 7) is 3.80. The number of hydrogen-bond donors (Lipinski definition) is 3. The molecule has 1 aliphatic heterocycles. The minimum absolute atomic E-state index is 0.0962. The van der Waals surface area contributed by atoms with Gasteiger partial charge in [0.15, 0.2) is 10.8 Å². The van der Waals surface area contributed by atoms with Crippen LogP contribution >= 0.6 is 11.3 Å². The smallest absolute Gasteiger partial charge is 0.276 e. The molecule has 0 aliphatic carbocycles. The van der Waals surface area contributed by atoms with Gasteiger partial charge < -0.3 is 15.5 Å². The predicted octanol–water partition coefficient (Wildman–Crippen LogP) is -0.742. The van der Waals surface area contributed by atoms with Crippen LogP contribution < -0.4 is 15.4 Å². The first kappa shape index (κ1) is 18.1. The summed E-state index contributed by atoms with van der Waals surface area (Å²) in [7, 11) is -3.48. The van der Waals surface area contributed by atoms with Gasteiger partial charge in [-0.1, -0.05) is 5.16 Å². The maximum atomic E-state index is 12.3. The lowest BCUT2D eigenvalue weighted by molar-refractivity contribution is -0.131. The topological polar surface area (TPSA) is 139 Å². The van der Waals surface area contributed by atoms with Gasteiger partial charge in [-0.2, -0.15) is 0 Å². The average molecular weight is 375 g/mol. The van der Waals surface area contributed by atoms with Gasteiger partial charge in [-0.3, -0.25) is 14.3 Å². The summed E-state index contributed by atoms with van der Waals surface area (Å²) in [5.41, 5.74) is 0.00485. The second kappa shape index (κ2) is 7.13. The first-order valence-electron chi connectivity index (χ1n) is 6.92. The average Bonchev–Trinajstić information content (AvgIpc) is 2.89. The van der Waals surface area contributed by atoms with E-state index in [1.165, 1.54) is 5.38 Å². The molecule has 1 fully saturated rings. The molecular weight excluding hydrogens is 358 g/mol. The van der Waals surface area contributed by atoms with E-state index in [9.17, 15) is 18.0 Å². The second-order valence-electron chi connectivity index (χ2n) is 5.28.